The zero-order valence-electron chi connectivity index (χ0n) is 22.3. The lowest BCUT2D eigenvalue weighted by molar-refractivity contribution is -0.454. The average Bonchev–Trinajstić information content (AvgIpc) is 3.32. The highest BCUT2D eigenvalue weighted by atomic mass is 19.1. The predicted octanol–water partition coefficient (Wildman–Crippen LogP) is 4.54. The lowest BCUT2D eigenvalue weighted by atomic mass is 10.1. The second-order valence-electron chi connectivity index (χ2n) is 8.21. The number of pyridine rings is 1. The van der Waals surface area contributed by atoms with Gasteiger partial charge in [-0.3, -0.25) is 0 Å². The molecule has 0 saturated heterocycles. The molecular weight excluding hydrogens is 481 g/mol. The summed E-state index contributed by atoms with van der Waals surface area (Å²) in [6.07, 6.45) is 2.73. The monoisotopic (exact) mass is 519 g/mol. The van der Waals surface area contributed by atoms with E-state index in [0.29, 0.717) is 25.6 Å². The topological polar surface area (TPSA) is 75.9 Å². The van der Waals surface area contributed by atoms with E-state index in [-0.39, 0.29) is 19.8 Å². The first-order valence-electron chi connectivity index (χ1n) is 12.6. The first-order valence-corrected chi connectivity index (χ1v) is 12.6. The maximum absolute atomic E-state index is 12.9. The van der Waals surface area contributed by atoms with Crippen LogP contribution in [0.3, 0.4) is 0 Å². The van der Waals surface area contributed by atoms with Gasteiger partial charge in [0.1, 0.15) is 24.7 Å². The van der Waals surface area contributed by atoms with Crippen LogP contribution in [0.5, 0.6) is 5.75 Å². The van der Waals surface area contributed by atoms with Gasteiger partial charge in [0.05, 0.1) is 25.1 Å². The fourth-order valence-corrected chi connectivity index (χ4v) is 3.78. The molecule has 0 aliphatic carbocycles. The Balaban J connectivity index is 1.64. The van der Waals surface area contributed by atoms with E-state index < -0.39 is 18.9 Å². The summed E-state index contributed by atoms with van der Waals surface area (Å²) in [7, 11) is 4.02. The highest BCUT2D eigenvalue weighted by Crippen LogP contribution is 2.26. The molecule has 10 heteroatoms. The van der Waals surface area contributed by atoms with Gasteiger partial charge in [-0.15, -0.1) is 0 Å². The van der Waals surface area contributed by atoms with Crippen molar-refractivity contribution in [2.24, 2.45) is 0 Å². The molecule has 0 amide bonds. The zero-order valence-corrected chi connectivity index (χ0v) is 22.3. The van der Waals surface area contributed by atoms with Crippen molar-refractivity contribution in [3.05, 3.63) is 48.8 Å². The third-order valence-electron chi connectivity index (χ3n) is 5.40. The van der Waals surface area contributed by atoms with Crippen molar-refractivity contribution in [3.8, 4) is 17.0 Å². The van der Waals surface area contributed by atoms with Crippen LogP contribution in [0.1, 0.15) is 20.8 Å². The molecule has 204 valence electrons. The molecule has 37 heavy (non-hydrogen) atoms. The SMILES string of the molecule is CCOC(OCC)(OCC)C(OCCF)OCCOc1ccc2nc(-c3ccc(N(C)C)cc3)cn2c1. The van der Waals surface area contributed by atoms with Crippen molar-refractivity contribution in [3.63, 3.8) is 0 Å². The molecule has 0 bridgehead atoms. The largest absolute Gasteiger partial charge is 0.490 e. The summed E-state index contributed by atoms with van der Waals surface area (Å²) >= 11 is 0. The van der Waals surface area contributed by atoms with Crippen molar-refractivity contribution >= 4 is 11.3 Å². The van der Waals surface area contributed by atoms with E-state index in [2.05, 4.69) is 29.2 Å². The zero-order chi connectivity index (χ0) is 26.7. The first-order chi connectivity index (χ1) is 18.0. The summed E-state index contributed by atoms with van der Waals surface area (Å²) in [6.45, 7) is 5.79. The molecule has 0 aliphatic rings. The van der Waals surface area contributed by atoms with Crippen LogP contribution in [-0.2, 0) is 23.7 Å². The summed E-state index contributed by atoms with van der Waals surface area (Å²) in [5.74, 6) is -0.945. The van der Waals surface area contributed by atoms with Gasteiger partial charge in [-0.2, -0.15) is 0 Å². The summed E-state index contributed by atoms with van der Waals surface area (Å²) in [5.41, 5.74) is 3.84. The minimum absolute atomic E-state index is 0.136. The van der Waals surface area contributed by atoms with Gasteiger partial charge in [0, 0.05) is 51.4 Å². The van der Waals surface area contributed by atoms with E-state index in [9.17, 15) is 4.39 Å². The number of hydrogen-bond donors (Lipinski definition) is 0. The maximum Gasteiger partial charge on any atom is 0.337 e. The van der Waals surface area contributed by atoms with Gasteiger partial charge in [-0.05, 0) is 45.0 Å². The molecule has 0 fully saturated rings. The number of aromatic nitrogens is 2. The Bertz CT molecular complexity index is 1060. The Kier molecular flexibility index (Phi) is 11.1. The molecule has 1 aromatic carbocycles. The van der Waals surface area contributed by atoms with Crippen molar-refractivity contribution in [1.82, 2.24) is 9.38 Å². The van der Waals surface area contributed by atoms with Crippen molar-refractivity contribution in [1.29, 1.82) is 0 Å². The third-order valence-corrected chi connectivity index (χ3v) is 5.40. The number of nitrogens with zero attached hydrogens (tertiary/aromatic N) is 3. The fraction of sp³-hybridized carbons (Fsp3) is 0.519. The number of hydrogen-bond acceptors (Lipinski definition) is 8. The van der Waals surface area contributed by atoms with Crippen LogP contribution in [0.4, 0.5) is 10.1 Å². The van der Waals surface area contributed by atoms with Gasteiger partial charge < -0.3 is 37.7 Å². The molecule has 0 N–H and O–H groups in total. The van der Waals surface area contributed by atoms with Gasteiger partial charge in [0.25, 0.3) is 0 Å². The lowest BCUT2D eigenvalue weighted by Crippen LogP contribution is -2.53. The summed E-state index contributed by atoms with van der Waals surface area (Å²) in [6, 6.07) is 12.0. The minimum atomic E-state index is -1.59. The van der Waals surface area contributed by atoms with E-state index in [4.69, 9.17) is 33.4 Å². The van der Waals surface area contributed by atoms with E-state index in [0.717, 1.165) is 22.6 Å². The molecular formula is C27H38FN3O6. The number of ether oxygens (including phenoxy) is 6. The molecule has 0 spiro atoms. The molecule has 3 aromatic rings. The summed E-state index contributed by atoms with van der Waals surface area (Å²) < 4.78 is 49.2. The Hall–Kier alpha value is -2.76. The van der Waals surface area contributed by atoms with Crippen LogP contribution in [0.2, 0.25) is 0 Å². The van der Waals surface area contributed by atoms with Crippen LogP contribution >= 0.6 is 0 Å². The highest BCUT2D eigenvalue weighted by Gasteiger charge is 2.44. The van der Waals surface area contributed by atoms with Gasteiger partial charge in [0.2, 0.25) is 6.29 Å². The smallest absolute Gasteiger partial charge is 0.337 e. The number of benzene rings is 1. The molecule has 1 atom stereocenters. The molecule has 0 aliphatic heterocycles. The van der Waals surface area contributed by atoms with Crippen molar-refractivity contribution in [2.45, 2.75) is 33.0 Å². The van der Waals surface area contributed by atoms with Gasteiger partial charge in [0.15, 0.2) is 0 Å². The van der Waals surface area contributed by atoms with E-state index in [1.165, 1.54) is 0 Å². The van der Waals surface area contributed by atoms with Gasteiger partial charge >= 0.3 is 5.97 Å². The quantitative estimate of drug-likeness (QED) is 0.190. The second-order valence-corrected chi connectivity index (χ2v) is 8.21. The maximum atomic E-state index is 12.9. The highest BCUT2D eigenvalue weighted by molar-refractivity contribution is 5.65. The van der Waals surface area contributed by atoms with Crippen LogP contribution in [0.15, 0.2) is 48.8 Å². The first kappa shape index (κ1) is 28.8. The number of anilines is 1. The van der Waals surface area contributed by atoms with Crippen LogP contribution < -0.4 is 9.64 Å². The fourth-order valence-electron chi connectivity index (χ4n) is 3.78. The molecule has 9 nitrogen and oxygen atoms in total. The number of fused-ring (bicyclic) bond motifs is 1. The minimum Gasteiger partial charge on any atom is -0.490 e. The normalized spacial score (nSPS) is 12.7. The van der Waals surface area contributed by atoms with Crippen molar-refractivity contribution in [2.75, 3.05) is 65.3 Å². The molecule has 1 unspecified atom stereocenters. The van der Waals surface area contributed by atoms with E-state index in [1.54, 1.807) is 20.8 Å². The predicted molar refractivity (Wildman–Crippen MR) is 140 cm³/mol. The summed E-state index contributed by atoms with van der Waals surface area (Å²) in [4.78, 5) is 6.76. The number of rotatable bonds is 17. The number of imidazole rings is 1. The Morgan fingerprint density at radius 2 is 1.51 bits per heavy atom. The van der Waals surface area contributed by atoms with Crippen LogP contribution in [0.25, 0.3) is 16.9 Å². The standard InChI is InChI=1S/C27H38FN3O6/c1-6-35-27(36-7-2,37-8-3)26(33-16-15-28)34-18-17-32-23-13-14-25-29-24(20-31(25)19-23)21-9-11-22(12-10-21)30(4)5/h9-14,19-20,26H,6-8,15-18H2,1-5H3. The Morgan fingerprint density at radius 3 is 2.11 bits per heavy atom. The van der Waals surface area contributed by atoms with Crippen molar-refractivity contribution < 1.29 is 32.8 Å². The molecule has 3 rings (SSSR count). The third kappa shape index (κ3) is 7.62. The van der Waals surface area contributed by atoms with Crippen LogP contribution in [-0.4, -0.2) is 82.1 Å². The number of alkyl halides is 1. The van der Waals surface area contributed by atoms with E-state index >= 15 is 0 Å². The lowest BCUT2D eigenvalue weighted by Gasteiger charge is -2.37. The molecule has 0 saturated carbocycles. The molecule has 2 aromatic heterocycles. The second kappa shape index (κ2) is 14.3. The van der Waals surface area contributed by atoms with Gasteiger partial charge in [-0.1, -0.05) is 12.1 Å². The van der Waals surface area contributed by atoms with Crippen LogP contribution in [0, 0.1) is 0 Å². The Morgan fingerprint density at radius 1 is 0.865 bits per heavy atom. The summed E-state index contributed by atoms with van der Waals surface area (Å²) in [5, 5.41) is 0. The number of halogens is 1. The average molecular weight is 520 g/mol. The van der Waals surface area contributed by atoms with E-state index in [1.807, 2.05) is 43.0 Å². The Labute approximate surface area is 218 Å². The van der Waals surface area contributed by atoms with Gasteiger partial charge in [-0.25, -0.2) is 9.37 Å². The molecule has 0 radical (unpaired) electrons. The molecule has 2 heterocycles.